The van der Waals surface area contributed by atoms with Crippen molar-refractivity contribution in [2.45, 2.75) is 19.9 Å². The fourth-order valence-electron chi connectivity index (χ4n) is 3.10. The molecule has 2 heterocycles. The molecule has 1 aliphatic rings. The summed E-state index contributed by atoms with van der Waals surface area (Å²) < 4.78 is 20.9. The van der Waals surface area contributed by atoms with Gasteiger partial charge >= 0.3 is 11.9 Å². The zero-order valence-corrected chi connectivity index (χ0v) is 15.8. The molecule has 152 valence electrons. The van der Waals surface area contributed by atoms with Gasteiger partial charge in [-0.15, -0.1) is 0 Å². The average Bonchev–Trinajstić information content (AvgIpc) is 2.96. The molecule has 0 unspecified atom stereocenters. The van der Waals surface area contributed by atoms with Crippen LogP contribution >= 0.6 is 0 Å². The van der Waals surface area contributed by atoms with Gasteiger partial charge in [-0.3, -0.25) is 4.90 Å². The number of rotatable bonds is 6. The molecule has 7 nitrogen and oxygen atoms in total. The minimum atomic E-state index is -1.26. The maximum Gasteiger partial charge on any atom is 0.328 e. The van der Waals surface area contributed by atoms with Gasteiger partial charge in [0.15, 0.2) is 0 Å². The van der Waals surface area contributed by atoms with Gasteiger partial charge in [-0.05, 0) is 37.6 Å². The zero-order chi connectivity index (χ0) is 20.5. The molecule has 0 atom stereocenters. The van der Waals surface area contributed by atoms with Crippen molar-refractivity contribution in [3.63, 3.8) is 0 Å². The van der Waals surface area contributed by atoms with Gasteiger partial charge in [0.2, 0.25) is 0 Å². The second-order valence-electron chi connectivity index (χ2n) is 6.46. The Morgan fingerprint density at radius 2 is 1.75 bits per heavy atom. The van der Waals surface area contributed by atoms with Crippen LogP contribution in [0.5, 0.6) is 0 Å². The van der Waals surface area contributed by atoms with Crippen LogP contribution in [0.1, 0.15) is 12.1 Å². The van der Waals surface area contributed by atoms with Gasteiger partial charge in [0, 0.05) is 54.9 Å². The molecule has 8 heteroatoms. The fourth-order valence-corrected chi connectivity index (χ4v) is 3.10. The van der Waals surface area contributed by atoms with Crippen molar-refractivity contribution < 1.29 is 28.9 Å². The lowest BCUT2D eigenvalue weighted by Crippen LogP contribution is -2.37. The molecule has 1 aromatic heterocycles. The van der Waals surface area contributed by atoms with Crippen LogP contribution in [0.15, 0.2) is 36.4 Å². The number of nitrogens with zero attached hydrogens (tertiary/aromatic N) is 2. The molecule has 0 spiro atoms. The summed E-state index contributed by atoms with van der Waals surface area (Å²) in [4.78, 5) is 21.6. The zero-order valence-electron chi connectivity index (χ0n) is 15.8. The maximum absolute atomic E-state index is 13.2. The number of morpholine rings is 1. The van der Waals surface area contributed by atoms with E-state index >= 15 is 0 Å². The molecule has 0 amide bonds. The molecule has 0 aliphatic carbocycles. The molecule has 1 fully saturated rings. The van der Waals surface area contributed by atoms with E-state index in [1.54, 1.807) is 12.1 Å². The largest absolute Gasteiger partial charge is 0.478 e. The average molecular weight is 392 g/mol. The summed E-state index contributed by atoms with van der Waals surface area (Å²) in [6.07, 6.45) is 2.23. The summed E-state index contributed by atoms with van der Waals surface area (Å²) >= 11 is 0. The van der Waals surface area contributed by atoms with Gasteiger partial charge in [-0.1, -0.05) is 0 Å². The number of aromatic nitrogens is 1. The molecule has 1 saturated heterocycles. The second kappa shape index (κ2) is 10.6. The van der Waals surface area contributed by atoms with Crippen molar-refractivity contribution in [2.24, 2.45) is 0 Å². The first-order valence-corrected chi connectivity index (χ1v) is 9.06. The van der Waals surface area contributed by atoms with Crippen LogP contribution in [-0.4, -0.2) is 64.5 Å². The number of fused-ring (bicyclic) bond motifs is 1. The number of hydrogen-bond acceptors (Lipinski definition) is 4. The molecule has 1 aromatic carbocycles. The molecular formula is C20H25FN2O5. The van der Waals surface area contributed by atoms with E-state index in [0.717, 1.165) is 56.7 Å². The first-order valence-electron chi connectivity index (χ1n) is 9.06. The number of hydrogen-bond donors (Lipinski definition) is 2. The Labute approximate surface area is 162 Å². The molecule has 2 N–H and O–H groups in total. The Kier molecular flexibility index (Phi) is 8.16. The van der Waals surface area contributed by atoms with E-state index in [0.29, 0.717) is 12.2 Å². The number of aliphatic carboxylic acids is 2. The summed E-state index contributed by atoms with van der Waals surface area (Å²) in [5, 5.41) is 16.6. The van der Waals surface area contributed by atoms with Gasteiger partial charge < -0.3 is 19.5 Å². The quantitative estimate of drug-likeness (QED) is 0.734. The summed E-state index contributed by atoms with van der Waals surface area (Å²) in [7, 11) is 0. The minimum Gasteiger partial charge on any atom is -0.478 e. The van der Waals surface area contributed by atoms with Crippen molar-refractivity contribution in [3.05, 3.63) is 47.9 Å². The normalized spacial score (nSPS) is 14.8. The van der Waals surface area contributed by atoms with Crippen molar-refractivity contribution >= 4 is 22.8 Å². The Morgan fingerprint density at radius 1 is 1.11 bits per heavy atom. The van der Waals surface area contributed by atoms with Crippen molar-refractivity contribution in [3.8, 4) is 0 Å². The molecule has 3 rings (SSSR count). The van der Waals surface area contributed by atoms with Crippen LogP contribution in [0.3, 0.4) is 0 Å². The van der Waals surface area contributed by atoms with Crippen molar-refractivity contribution in [2.75, 3.05) is 32.8 Å². The monoisotopic (exact) mass is 392 g/mol. The predicted octanol–water partition coefficient (Wildman–Crippen LogP) is 2.52. The van der Waals surface area contributed by atoms with Crippen LogP contribution in [0.2, 0.25) is 0 Å². The number of ether oxygens (including phenoxy) is 1. The standard InChI is InChI=1S/C16H21FN2O.C4H4O4/c1-13-11-14-12-15(17)3-4-16(14)19(13)6-2-5-18-7-9-20-10-8-18;5-3(6)1-2-4(7)8/h3-4,11-12H,2,5-10H2,1H3;1-2H,(H,5,6)(H,7,8)/b;2-1-. The highest BCUT2D eigenvalue weighted by atomic mass is 19.1. The number of carbonyl (C=O) groups is 2. The van der Waals surface area contributed by atoms with Crippen LogP contribution < -0.4 is 0 Å². The molecule has 28 heavy (non-hydrogen) atoms. The number of benzene rings is 1. The lowest BCUT2D eigenvalue weighted by atomic mass is 10.2. The van der Waals surface area contributed by atoms with Crippen LogP contribution in [0.4, 0.5) is 4.39 Å². The molecule has 1 aliphatic heterocycles. The highest BCUT2D eigenvalue weighted by Gasteiger charge is 2.11. The molecule has 0 bridgehead atoms. The van der Waals surface area contributed by atoms with E-state index in [1.165, 1.54) is 5.69 Å². The lowest BCUT2D eigenvalue weighted by molar-refractivity contribution is -0.134. The van der Waals surface area contributed by atoms with E-state index < -0.39 is 11.9 Å². The SMILES string of the molecule is Cc1cc2cc(F)ccc2n1CCCN1CCOCC1.O=C(O)/C=C\C(=O)O. The highest BCUT2D eigenvalue weighted by molar-refractivity contribution is 5.89. The Hall–Kier alpha value is -2.71. The summed E-state index contributed by atoms with van der Waals surface area (Å²) in [5.74, 6) is -2.68. The molecule has 2 aromatic rings. The molecule has 0 radical (unpaired) electrons. The Morgan fingerprint density at radius 3 is 2.36 bits per heavy atom. The van der Waals surface area contributed by atoms with E-state index in [1.807, 2.05) is 6.07 Å². The fraction of sp³-hybridized carbons (Fsp3) is 0.400. The van der Waals surface area contributed by atoms with Crippen molar-refractivity contribution in [1.82, 2.24) is 9.47 Å². The van der Waals surface area contributed by atoms with Gasteiger partial charge in [-0.25, -0.2) is 14.0 Å². The number of halogens is 1. The van der Waals surface area contributed by atoms with Gasteiger partial charge in [0.25, 0.3) is 0 Å². The van der Waals surface area contributed by atoms with Crippen LogP contribution in [0, 0.1) is 12.7 Å². The maximum atomic E-state index is 13.2. The first kappa shape index (κ1) is 21.6. The smallest absolute Gasteiger partial charge is 0.328 e. The first-order chi connectivity index (χ1) is 13.4. The summed E-state index contributed by atoms with van der Waals surface area (Å²) in [6.45, 7) is 7.96. The Balaban J connectivity index is 0.000000300. The third kappa shape index (κ3) is 6.79. The summed E-state index contributed by atoms with van der Waals surface area (Å²) in [6, 6.07) is 7.10. The minimum absolute atomic E-state index is 0.164. The van der Waals surface area contributed by atoms with E-state index in [2.05, 4.69) is 22.5 Å². The van der Waals surface area contributed by atoms with Crippen LogP contribution in [0.25, 0.3) is 10.9 Å². The summed E-state index contributed by atoms with van der Waals surface area (Å²) in [5.41, 5.74) is 2.33. The van der Waals surface area contributed by atoms with Crippen molar-refractivity contribution in [1.29, 1.82) is 0 Å². The van der Waals surface area contributed by atoms with Gasteiger partial charge in [0.1, 0.15) is 5.82 Å². The predicted molar refractivity (Wildman–Crippen MR) is 103 cm³/mol. The third-order valence-corrected chi connectivity index (χ3v) is 4.40. The molecular weight excluding hydrogens is 367 g/mol. The van der Waals surface area contributed by atoms with E-state index in [-0.39, 0.29) is 5.82 Å². The van der Waals surface area contributed by atoms with Gasteiger partial charge in [-0.2, -0.15) is 0 Å². The number of aryl methyl sites for hydroxylation is 2. The highest BCUT2D eigenvalue weighted by Crippen LogP contribution is 2.21. The lowest BCUT2D eigenvalue weighted by Gasteiger charge is -2.26. The second-order valence-corrected chi connectivity index (χ2v) is 6.46. The number of carboxylic acids is 2. The third-order valence-electron chi connectivity index (χ3n) is 4.40. The topological polar surface area (TPSA) is 92.0 Å². The molecule has 0 saturated carbocycles. The van der Waals surface area contributed by atoms with E-state index in [4.69, 9.17) is 14.9 Å². The van der Waals surface area contributed by atoms with Gasteiger partial charge in [0.05, 0.1) is 13.2 Å². The Bertz CT molecular complexity index is 824. The van der Waals surface area contributed by atoms with Crippen LogP contribution in [-0.2, 0) is 20.9 Å². The van der Waals surface area contributed by atoms with E-state index in [9.17, 15) is 14.0 Å². The number of carboxylic acid groups (broad SMARTS) is 2.